The topological polar surface area (TPSA) is 55.1 Å². The number of rotatable bonds is 2. The minimum absolute atomic E-state index is 0.125. The van der Waals surface area contributed by atoms with E-state index in [9.17, 15) is 4.79 Å². The Bertz CT molecular complexity index is 617. The highest BCUT2D eigenvalue weighted by Crippen LogP contribution is 2.48. The Balaban J connectivity index is 1.76. The number of carbonyl (C=O) groups is 1. The summed E-state index contributed by atoms with van der Waals surface area (Å²) in [4.78, 5) is 12.5. The van der Waals surface area contributed by atoms with Gasteiger partial charge in [-0.3, -0.25) is 4.79 Å². The highest BCUT2D eigenvalue weighted by atomic mass is 35.5. The van der Waals surface area contributed by atoms with E-state index in [1.54, 1.807) is 12.1 Å². The van der Waals surface area contributed by atoms with Crippen molar-refractivity contribution in [3.8, 4) is 11.8 Å². The Labute approximate surface area is 130 Å². The van der Waals surface area contributed by atoms with E-state index in [1.165, 1.54) is 19.3 Å². The number of fused-ring (bicyclic) bond motifs is 2. The van der Waals surface area contributed by atoms with Crippen molar-refractivity contribution in [2.75, 3.05) is 11.9 Å². The van der Waals surface area contributed by atoms with E-state index < -0.39 is 0 Å². The Hall–Kier alpha value is -1.50. The first-order valence-corrected chi connectivity index (χ1v) is 7.84. The van der Waals surface area contributed by atoms with E-state index in [4.69, 9.17) is 17.3 Å². The third-order valence-electron chi connectivity index (χ3n) is 4.64. The molecule has 1 amide bonds. The molecule has 3 N–H and O–H groups in total. The number of nitrogens with one attached hydrogen (secondary N) is 1. The second-order valence-electron chi connectivity index (χ2n) is 5.97. The molecule has 3 unspecified atom stereocenters. The summed E-state index contributed by atoms with van der Waals surface area (Å²) in [5.41, 5.74) is 6.87. The van der Waals surface area contributed by atoms with Crippen molar-refractivity contribution in [3.63, 3.8) is 0 Å². The summed E-state index contributed by atoms with van der Waals surface area (Å²) < 4.78 is 0. The molecule has 21 heavy (non-hydrogen) atoms. The number of hydrogen-bond donors (Lipinski definition) is 2. The molecule has 1 aromatic rings. The van der Waals surface area contributed by atoms with E-state index in [0.29, 0.717) is 10.9 Å². The molecule has 0 radical (unpaired) electrons. The Morgan fingerprint density at radius 2 is 2.24 bits per heavy atom. The van der Waals surface area contributed by atoms with Crippen LogP contribution in [-0.4, -0.2) is 12.5 Å². The monoisotopic (exact) mass is 302 g/mol. The van der Waals surface area contributed by atoms with Crippen LogP contribution < -0.4 is 11.1 Å². The molecule has 2 aliphatic rings. The second-order valence-corrected chi connectivity index (χ2v) is 6.40. The van der Waals surface area contributed by atoms with Gasteiger partial charge in [0, 0.05) is 16.5 Å². The fraction of sp³-hybridized carbons (Fsp3) is 0.471. The molecule has 3 atom stereocenters. The van der Waals surface area contributed by atoms with Gasteiger partial charge in [0.15, 0.2) is 0 Å². The highest BCUT2D eigenvalue weighted by molar-refractivity contribution is 6.30. The normalized spacial score (nSPS) is 26.3. The van der Waals surface area contributed by atoms with Crippen LogP contribution in [-0.2, 0) is 4.79 Å². The van der Waals surface area contributed by atoms with Crippen molar-refractivity contribution < 1.29 is 4.79 Å². The molecule has 2 fully saturated rings. The molecule has 4 heteroatoms. The fourth-order valence-corrected chi connectivity index (χ4v) is 3.84. The van der Waals surface area contributed by atoms with Gasteiger partial charge in [0.25, 0.3) is 0 Å². The minimum atomic E-state index is 0.125. The average molecular weight is 303 g/mol. The third kappa shape index (κ3) is 3.07. The summed E-state index contributed by atoms with van der Waals surface area (Å²) in [6, 6.07) is 5.35. The van der Waals surface area contributed by atoms with E-state index in [0.717, 1.165) is 23.6 Å². The molecule has 0 aromatic heterocycles. The van der Waals surface area contributed by atoms with Crippen molar-refractivity contribution in [1.82, 2.24) is 0 Å². The van der Waals surface area contributed by atoms with Gasteiger partial charge in [-0.15, -0.1) is 0 Å². The highest BCUT2D eigenvalue weighted by Gasteiger charge is 2.43. The molecular weight excluding hydrogens is 284 g/mol. The number of hydrogen-bond acceptors (Lipinski definition) is 2. The first-order chi connectivity index (χ1) is 10.2. The van der Waals surface area contributed by atoms with E-state index in [2.05, 4.69) is 17.2 Å². The van der Waals surface area contributed by atoms with Gasteiger partial charge in [0.05, 0.1) is 12.2 Å². The molecule has 0 spiro atoms. The zero-order valence-electron chi connectivity index (χ0n) is 11.9. The number of nitrogens with two attached hydrogens (primary N) is 1. The molecule has 2 aliphatic carbocycles. The maximum Gasteiger partial charge on any atom is 0.227 e. The molecular formula is C17H19ClN2O. The lowest BCUT2D eigenvalue weighted by Crippen LogP contribution is -2.27. The fourth-order valence-electron chi connectivity index (χ4n) is 3.67. The predicted octanol–water partition coefficient (Wildman–Crippen LogP) is 3.02. The Morgan fingerprint density at radius 3 is 2.90 bits per heavy atom. The number of amides is 1. The number of halogens is 1. The van der Waals surface area contributed by atoms with Gasteiger partial charge in [0.1, 0.15) is 0 Å². The molecule has 110 valence electrons. The van der Waals surface area contributed by atoms with Crippen LogP contribution in [0.3, 0.4) is 0 Å². The summed E-state index contributed by atoms with van der Waals surface area (Å²) in [6.45, 7) is 0.284. The quantitative estimate of drug-likeness (QED) is 0.825. The zero-order chi connectivity index (χ0) is 14.8. The molecule has 0 saturated heterocycles. The smallest absolute Gasteiger partial charge is 0.227 e. The molecule has 1 aromatic carbocycles. The predicted molar refractivity (Wildman–Crippen MR) is 85.0 cm³/mol. The summed E-state index contributed by atoms with van der Waals surface area (Å²) in [5.74, 6) is 7.39. The average Bonchev–Trinajstić information content (AvgIpc) is 3.10. The lowest BCUT2D eigenvalue weighted by molar-refractivity contribution is -0.121. The second kappa shape index (κ2) is 6.09. The Morgan fingerprint density at radius 1 is 1.38 bits per heavy atom. The van der Waals surface area contributed by atoms with Crippen LogP contribution in [0.15, 0.2) is 18.2 Å². The minimum Gasteiger partial charge on any atom is -0.325 e. The van der Waals surface area contributed by atoms with Crippen LogP contribution in [0.1, 0.15) is 31.2 Å². The van der Waals surface area contributed by atoms with Gasteiger partial charge < -0.3 is 11.1 Å². The van der Waals surface area contributed by atoms with E-state index in [1.807, 2.05) is 6.07 Å². The largest absolute Gasteiger partial charge is 0.325 e. The molecule has 0 heterocycles. The summed E-state index contributed by atoms with van der Waals surface area (Å²) in [5, 5.41) is 3.64. The maximum atomic E-state index is 12.5. The molecule has 3 rings (SSSR count). The van der Waals surface area contributed by atoms with Crippen LogP contribution in [0.25, 0.3) is 0 Å². The summed E-state index contributed by atoms with van der Waals surface area (Å²) >= 11 is 6.00. The van der Waals surface area contributed by atoms with Gasteiger partial charge in [-0.2, -0.15) is 0 Å². The van der Waals surface area contributed by atoms with Gasteiger partial charge in [-0.1, -0.05) is 29.9 Å². The van der Waals surface area contributed by atoms with Crippen LogP contribution in [0.4, 0.5) is 5.69 Å². The van der Waals surface area contributed by atoms with Crippen molar-refractivity contribution in [1.29, 1.82) is 0 Å². The van der Waals surface area contributed by atoms with Crippen molar-refractivity contribution in [2.24, 2.45) is 23.5 Å². The van der Waals surface area contributed by atoms with Crippen molar-refractivity contribution in [2.45, 2.75) is 25.7 Å². The summed E-state index contributed by atoms with van der Waals surface area (Å²) in [7, 11) is 0. The molecule has 3 nitrogen and oxygen atoms in total. The first kappa shape index (κ1) is 14.4. The lowest BCUT2D eigenvalue weighted by Gasteiger charge is -2.21. The number of benzene rings is 1. The molecule has 0 aliphatic heterocycles. The first-order valence-electron chi connectivity index (χ1n) is 7.46. The number of carbonyl (C=O) groups excluding carboxylic acids is 1. The zero-order valence-corrected chi connectivity index (χ0v) is 12.6. The lowest BCUT2D eigenvalue weighted by atomic mass is 9.88. The Kier molecular flexibility index (Phi) is 4.19. The van der Waals surface area contributed by atoms with Gasteiger partial charge in [-0.05, 0) is 49.3 Å². The van der Waals surface area contributed by atoms with E-state index >= 15 is 0 Å². The van der Waals surface area contributed by atoms with Crippen molar-refractivity contribution >= 4 is 23.2 Å². The van der Waals surface area contributed by atoms with Gasteiger partial charge in [0.2, 0.25) is 5.91 Å². The summed E-state index contributed by atoms with van der Waals surface area (Å²) in [6.07, 6.45) is 4.75. The van der Waals surface area contributed by atoms with Crippen LogP contribution in [0.5, 0.6) is 0 Å². The van der Waals surface area contributed by atoms with Crippen LogP contribution >= 0.6 is 11.6 Å². The molecule has 2 bridgehead atoms. The maximum absolute atomic E-state index is 12.5. The number of anilines is 1. The van der Waals surface area contributed by atoms with Crippen LogP contribution in [0, 0.1) is 29.6 Å². The molecule has 2 saturated carbocycles. The standard InChI is InChI=1S/C17H19ClN2O/c18-14-5-6-16(13(10-14)2-1-7-19)20-17(21)15-9-11-3-4-12(15)8-11/h5-6,10-12,15H,3-4,7-9,19H2,(H,20,21). The third-order valence-corrected chi connectivity index (χ3v) is 4.87. The van der Waals surface area contributed by atoms with E-state index in [-0.39, 0.29) is 18.4 Å². The van der Waals surface area contributed by atoms with Crippen LogP contribution in [0.2, 0.25) is 5.02 Å². The van der Waals surface area contributed by atoms with Gasteiger partial charge >= 0.3 is 0 Å². The van der Waals surface area contributed by atoms with Gasteiger partial charge in [-0.25, -0.2) is 0 Å². The SMILES string of the molecule is NCC#Cc1cc(Cl)ccc1NC(=O)C1CC2CCC1C2. The van der Waals surface area contributed by atoms with Crippen molar-refractivity contribution in [3.05, 3.63) is 28.8 Å².